The molecule has 0 saturated heterocycles. The van der Waals surface area contributed by atoms with E-state index in [1.54, 1.807) is 22.6 Å². The molecule has 5 nitrogen and oxygen atoms in total. The highest BCUT2D eigenvalue weighted by molar-refractivity contribution is 14.1. The summed E-state index contributed by atoms with van der Waals surface area (Å²) in [6.07, 6.45) is 1.77. The van der Waals surface area contributed by atoms with E-state index in [1.165, 1.54) is 22.9 Å². The van der Waals surface area contributed by atoms with Gasteiger partial charge in [0.05, 0.1) is 18.2 Å². The minimum absolute atomic E-state index is 0.137. The lowest BCUT2D eigenvalue weighted by atomic mass is 10.0. The third-order valence-electron chi connectivity index (χ3n) is 3.65. The molecule has 0 saturated carbocycles. The van der Waals surface area contributed by atoms with Crippen molar-refractivity contribution in [2.45, 2.75) is 26.3 Å². The highest BCUT2D eigenvalue weighted by Crippen LogP contribution is 2.25. The number of halogens is 2. The molecule has 0 bridgehead atoms. The number of benzene rings is 1. The van der Waals surface area contributed by atoms with Crippen LogP contribution >= 0.6 is 22.6 Å². The zero-order valence-corrected chi connectivity index (χ0v) is 14.9. The van der Waals surface area contributed by atoms with Crippen LogP contribution in [0.3, 0.4) is 0 Å². The van der Waals surface area contributed by atoms with Crippen molar-refractivity contribution in [3.63, 3.8) is 0 Å². The number of carbonyl (C=O) groups is 1. The molecule has 23 heavy (non-hydrogen) atoms. The van der Waals surface area contributed by atoms with E-state index in [1.807, 2.05) is 13.8 Å². The second-order valence-electron chi connectivity index (χ2n) is 5.83. The average Bonchev–Trinajstić information content (AvgIpc) is 2.47. The van der Waals surface area contributed by atoms with Gasteiger partial charge in [-0.1, -0.05) is 13.8 Å². The van der Waals surface area contributed by atoms with Crippen molar-refractivity contribution < 1.29 is 19.4 Å². The van der Waals surface area contributed by atoms with Crippen molar-refractivity contribution in [3.8, 4) is 0 Å². The Labute approximate surface area is 145 Å². The summed E-state index contributed by atoms with van der Waals surface area (Å²) in [6, 6.07) is 2.13. The number of aliphatic hydroxyl groups is 1. The first kappa shape index (κ1) is 17.9. The number of aromatic nitrogens is 1. The van der Waals surface area contributed by atoms with Crippen molar-refractivity contribution in [2.75, 3.05) is 6.61 Å². The van der Waals surface area contributed by atoms with Gasteiger partial charge in [0.1, 0.15) is 11.4 Å². The number of carboxylic acids is 1. The van der Waals surface area contributed by atoms with Crippen molar-refractivity contribution in [3.05, 3.63) is 43.5 Å². The largest absolute Gasteiger partial charge is 0.477 e. The monoisotopic (exact) mass is 433 g/mol. The smallest absolute Gasteiger partial charge is 0.341 e. The normalized spacial score (nSPS) is 12.8. The van der Waals surface area contributed by atoms with E-state index >= 15 is 0 Å². The molecule has 7 heteroatoms. The van der Waals surface area contributed by atoms with Gasteiger partial charge in [0, 0.05) is 15.2 Å². The van der Waals surface area contributed by atoms with E-state index in [-0.39, 0.29) is 32.6 Å². The Hall–Kier alpha value is -1.48. The summed E-state index contributed by atoms with van der Waals surface area (Å²) < 4.78 is 15.7. The molecule has 1 aromatic heterocycles. The summed E-state index contributed by atoms with van der Waals surface area (Å²) in [4.78, 5) is 23.7. The Kier molecular flexibility index (Phi) is 5.41. The molecule has 2 aromatic rings. The van der Waals surface area contributed by atoms with Gasteiger partial charge in [0.2, 0.25) is 5.43 Å². The summed E-state index contributed by atoms with van der Waals surface area (Å²) in [5.41, 5.74) is -0.748. The maximum absolute atomic E-state index is 13.9. The second-order valence-corrected chi connectivity index (χ2v) is 7.00. The van der Waals surface area contributed by atoms with Crippen molar-refractivity contribution in [1.82, 2.24) is 4.57 Å². The van der Waals surface area contributed by atoms with E-state index in [2.05, 4.69) is 0 Å². The van der Waals surface area contributed by atoms with Crippen LogP contribution in [0.1, 0.15) is 36.7 Å². The molecule has 2 rings (SSSR count). The van der Waals surface area contributed by atoms with Crippen molar-refractivity contribution in [2.24, 2.45) is 5.92 Å². The molecule has 0 aliphatic heterocycles. The van der Waals surface area contributed by atoms with Gasteiger partial charge in [0.25, 0.3) is 0 Å². The molecule has 0 fully saturated rings. The lowest BCUT2D eigenvalue weighted by molar-refractivity contribution is 0.0694. The minimum atomic E-state index is -1.34. The van der Waals surface area contributed by atoms with Gasteiger partial charge in [0.15, 0.2) is 0 Å². The maximum atomic E-state index is 13.9. The topological polar surface area (TPSA) is 79.5 Å². The molecule has 1 unspecified atom stereocenters. The second kappa shape index (κ2) is 6.96. The van der Waals surface area contributed by atoms with E-state index in [9.17, 15) is 24.2 Å². The molecule has 1 atom stereocenters. The molecule has 0 amide bonds. The number of rotatable bonds is 5. The van der Waals surface area contributed by atoms with Crippen LogP contribution < -0.4 is 5.43 Å². The average molecular weight is 433 g/mol. The van der Waals surface area contributed by atoms with Crippen LogP contribution in [0.25, 0.3) is 10.9 Å². The first-order valence-electron chi connectivity index (χ1n) is 7.14. The molecular weight excluding hydrogens is 416 g/mol. The molecule has 0 radical (unpaired) electrons. The number of aromatic carboxylic acids is 1. The highest BCUT2D eigenvalue weighted by atomic mass is 127. The molecule has 0 aliphatic rings. The quantitative estimate of drug-likeness (QED) is 0.711. The number of hydrogen-bond donors (Lipinski definition) is 2. The molecule has 0 spiro atoms. The molecule has 0 aliphatic carbocycles. The zero-order chi connectivity index (χ0) is 17.3. The predicted octanol–water partition coefficient (Wildman–Crippen LogP) is 3.02. The van der Waals surface area contributed by atoms with Gasteiger partial charge in [-0.15, -0.1) is 0 Å². The zero-order valence-electron chi connectivity index (χ0n) is 12.7. The van der Waals surface area contributed by atoms with Crippen molar-refractivity contribution in [1.29, 1.82) is 0 Å². The number of aliphatic hydroxyl groups excluding tert-OH is 1. The summed E-state index contributed by atoms with van der Waals surface area (Å²) in [7, 11) is 0. The van der Waals surface area contributed by atoms with Gasteiger partial charge in [-0.2, -0.15) is 0 Å². The minimum Gasteiger partial charge on any atom is -0.477 e. The summed E-state index contributed by atoms with van der Waals surface area (Å²) in [5, 5.41) is 19.1. The Balaban J connectivity index is 2.85. The first-order valence-corrected chi connectivity index (χ1v) is 8.22. The van der Waals surface area contributed by atoms with Crippen LogP contribution in [0.15, 0.2) is 23.1 Å². The Morgan fingerprint density at radius 2 is 2.04 bits per heavy atom. The Morgan fingerprint density at radius 3 is 2.57 bits per heavy atom. The van der Waals surface area contributed by atoms with Crippen LogP contribution in [0.4, 0.5) is 4.39 Å². The molecule has 2 N–H and O–H groups in total. The lowest BCUT2D eigenvalue weighted by Crippen LogP contribution is -2.23. The standard InChI is InChI=1S/C16H17FINO4/c1-8(2)3-9(7-20)19-6-11(16(22)23)15(21)10-4-13(18)12(17)5-14(10)19/h4-6,8-9,20H,3,7H2,1-2H3,(H,22,23). The summed E-state index contributed by atoms with van der Waals surface area (Å²) >= 11 is 1.76. The van der Waals surface area contributed by atoms with Gasteiger partial charge < -0.3 is 14.8 Å². The fourth-order valence-corrected chi connectivity index (χ4v) is 3.09. The number of pyridine rings is 1. The highest BCUT2D eigenvalue weighted by Gasteiger charge is 2.21. The molecule has 124 valence electrons. The molecular formula is C16H17FINO4. The SMILES string of the molecule is CC(C)CC(CO)n1cc(C(=O)O)c(=O)c2cc(I)c(F)cc21. The Bertz CT molecular complexity index is 816. The molecule has 1 aromatic carbocycles. The number of nitrogens with zero attached hydrogens (tertiary/aromatic N) is 1. The Morgan fingerprint density at radius 1 is 1.39 bits per heavy atom. The fourth-order valence-electron chi connectivity index (χ4n) is 2.62. The van der Waals surface area contributed by atoms with Gasteiger partial charge in [-0.25, -0.2) is 9.18 Å². The fraction of sp³-hybridized carbons (Fsp3) is 0.375. The van der Waals surface area contributed by atoms with Crippen LogP contribution in [0, 0.1) is 15.3 Å². The van der Waals surface area contributed by atoms with Gasteiger partial charge in [-0.05, 0) is 47.1 Å². The molecule has 1 heterocycles. The third-order valence-corrected chi connectivity index (χ3v) is 4.48. The van der Waals surface area contributed by atoms with E-state index < -0.39 is 23.3 Å². The third kappa shape index (κ3) is 3.55. The van der Waals surface area contributed by atoms with Crippen LogP contribution in [0.2, 0.25) is 0 Å². The number of fused-ring (bicyclic) bond motifs is 1. The van der Waals surface area contributed by atoms with E-state index in [0.29, 0.717) is 6.42 Å². The van der Waals surface area contributed by atoms with Crippen LogP contribution in [-0.2, 0) is 0 Å². The number of carboxylic acid groups (broad SMARTS) is 1. The summed E-state index contributed by atoms with van der Waals surface area (Å²) in [5.74, 6) is -1.59. The van der Waals surface area contributed by atoms with Gasteiger partial charge in [-0.3, -0.25) is 4.79 Å². The van der Waals surface area contributed by atoms with Crippen molar-refractivity contribution >= 4 is 39.5 Å². The van der Waals surface area contributed by atoms with Crippen LogP contribution in [0.5, 0.6) is 0 Å². The maximum Gasteiger partial charge on any atom is 0.341 e. The number of hydrogen-bond acceptors (Lipinski definition) is 3. The van der Waals surface area contributed by atoms with E-state index in [4.69, 9.17) is 0 Å². The first-order chi connectivity index (χ1) is 10.8. The van der Waals surface area contributed by atoms with Gasteiger partial charge >= 0.3 is 5.97 Å². The summed E-state index contributed by atoms with van der Waals surface area (Å²) in [6.45, 7) is 3.70. The lowest BCUT2D eigenvalue weighted by Gasteiger charge is -2.23. The van der Waals surface area contributed by atoms with E-state index in [0.717, 1.165) is 0 Å². The predicted molar refractivity (Wildman–Crippen MR) is 93.4 cm³/mol. The van der Waals surface area contributed by atoms with Crippen LogP contribution in [-0.4, -0.2) is 27.4 Å².